The smallest absolute Gasteiger partial charge is 0.127 e. The monoisotopic (exact) mass is 341 g/mol. The Kier molecular flexibility index (Phi) is 4.29. The second kappa shape index (κ2) is 6.46. The molecule has 4 rings (SSSR count). The fraction of sp³-hybridized carbons (Fsp3) is 0.550. The highest BCUT2D eigenvalue weighted by Crippen LogP contribution is 2.37. The van der Waals surface area contributed by atoms with Gasteiger partial charge in [-0.2, -0.15) is 0 Å². The molecule has 2 aliphatic rings. The molecule has 0 amide bonds. The van der Waals surface area contributed by atoms with Crippen molar-refractivity contribution in [2.45, 2.75) is 57.4 Å². The molecule has 3 heterocycles. The molecular weight excluding hydrogens is 314 g/mol. The standard InChI is InChI=1S/C20H27N3O2/c1-20(2)10-14-5-4-6-15(19(14)25-20)11-22-16-7-8-24-18(9-16)17-12-21-13-23(17)3/h4-6,12-13,16,18,22H,7-11H2,1-3H3/t16-,18-/m1/s1. The fourth-order valence-electron chi connectivity index (χ4n) is 3.94. The molecule has 25 heavy (non-hydrogen) atoms. The van der Waals surface area contributed by atoms with Gasteiger partial charge < -0.3 is 19.4 Å². The van der Waals surface area contributed by atoms with E-state index in [0.717, 1.165) is 43.9 Å². The zero-order chi connectivity index (χ0) is 17.4. The number of hydrogen-bond acceptors (Lipinski definition) is 4. The van der Waals surface area contributed by atoms with Crippen LogP contribution < -0.4 is 10.1 Å². The Morgan fingerprint density at radius 1 is 1.36 bits per heavy atom. The number of nitrogens with zero attached hydrogens (tertiary/aromatic N) is 2. The van der Waals surface area contributed by atoms with Gasteiger partial charge in [0.2, 0.25) is 0 Å². The first-order valence-electron chi connectivity index (χ1n) is 9.13. The summed E-state index contributed by atoms with van der Waals surface area (Å²) >= 11 is 0. The SMILES string of the molecule is Cn1cncc1[C@H]1C[C@H](NCc2cccc3c2OC(C)(C)C3)CCO1. The van der Waals surface area contributed by atoms with Crippen LogP contribution >= 0.6 is 0 Å². The molecule has 1 aromatic carbocycles. The van der Waals surface area contributed by atoms with Crippen molar-refractivity contribution in [2.24, 2.45) is 7.05 Å². The number of aryl methyl sites for hydroxylation is 1. The first-order chi connectivity index (χ1) is 12.0. The Morgan fingerprint density at radius 3 is 3.04 bits per heavy atom. The molecule has 0 radical (unpaired) electrons. The van der Waals surface area contributed by atoms with Gasteiger partial charge in [0.25, 0.3) is 0 Å². The van der Waals surface area contributed by atoms with Gasteiger partial charge in [-0.15, -0.1) is 0 Å². The van der Waals surface area contributed by atoms with E-state index in [-0.39, 0.29) is 11.7 Å². The van der Waals surface area contributed by atoms with E-state index in [1.165, 1.54) is 11.1 Å². The van der Waals surface area contributed by atoms with Crippen LogP contribution in [0, 0.1) is 0 Å². The Hall–Kier alpha value is -1.85. The average molecular weight is 341 g/mol. The van der Waals surface area contributed by atoms with Crippen LogP contribution in [0.5, 0.6) is 5.75 Å². The number of hydrogen-bond donors (Lipinski definition) is 1. The summed E-state index contributed by atoms with van der Waals surface area (Å²) in [7, 11) is 2.02. The molecule has 2 atom stereocenters. The third kappa shape index (κ3) is 3.44. The van der Waals surface area contributed by atoms with Crippen molar-refractivity contribution < 1.29 is 9.47 Å². The minimum Gasteiger partial charge on any atom is -0.487 e. The minimum absolute atomic E-state index is 0.0955. The molecule has 1 saturated heterocycles. The molecule has 0 spiro atoms. The van der Waals surface area contributed by atoms with Gasteiger partial charge in [0.1, 0.15) is 17.5 Å². The van der Waals surface area contributed by atoms with Crippen LogP contribution in [0.15, 0.2) is 30.7 Å². The van der Waals surface area contributed by atoms with E-state index in [1.807, 2.05) is 24.1 Å². The molecule has 2 aliphatic heterocycles. The molecule has 0 unspecified atom stereocenters. The third-order valence-electron chi connectivity index (χ3n) is 5.22. The van der Waals surface area contributed by atoms with Crippen LogP contribution in [0.1, 0.15) is 49.6 Å². The number of ether oxygens (including phenoxy) is 2. The van der Waals surface area contributed by atoms with Crippen LogP contribution in [0.3, 0.4) is 0 Å². The molecular formula is C20H27N3O2. The normalized spacial score (nSPS) is 24.8. The molecule has 2 aromatic rings. The van der Waals surface area contributed by atoms with E-state index in [0.29, 0.717) is 6.04 Å². The summed E-state index contributed by atoms with van der Waals surface area (Å²) in [6, 6.07) is 6.94. The Morgan fingerprint density at radius 2 is 2.24 bits per heavy atom. The van der Waals surface area contributed by atoms with Crippen molar-refractivity contribution in [3.05, 3.63) is 47.5 Å². The van der Waals surface area contributed by atoms with Gasteiger partial charge >= 0.3 is 0 Å². The summed E-state index contributed by atoms with van der Waals surface area (Å²) in [5, 5.41) is 3.72. The summed E-state index contributed by atoms with van der Waals surface area (Å²) in [5.74, 6) is 1.08. The number of nitrogens with one attached hydrogen (secondary N) is 1. The van der Waals surface area contributed by atoms with E-state index in [2.05, 4.69) is 42.3 Å². The molecule has 134 valence electrons. The maximum atomic E-state index is 6.18. The molecule has 1 aromatic heterocycles. The van der Waals surface area contributed by atoms with E-state index in [9.17, 15) is 0 Å². The second-order valence-electron chi connectivity index (χ2n) is 7.83. The fourth-order valence-corrected chi connectivity index (χ4v) is 3.94. The third-order valence-corrected chi connectivity index (χ3v) is 5.22. The lowest BCUT2D eigenvalue weighted by Gasteiger charge is -2.30. The van der Waals surface area contributed by atoms with Crippen LogP contribution in [-0.2, 0) is 24.8 Å². The van der Waals surface area contributed by atoms with Gasteiger partial charge in [0.15, 0.2) is 0 Å². The summed E-state index contributed by atoms with van der Waals surface area (Å²) in [6.07, 6.45) is 6.86. The zero-order valence-corrected chi connectivity index (χ0v) is 15.3. The molecule has 5 heteroatoms. The average Bonchev–Trinajstić information content (AvgIpc) is 3.14. The predicted octanol–water partition coefficient (Wildman–Crippen LogP) is 3.14. The van der Waals surface area contributed by atoms with E-state index in [4.69, 9.17) is 9.47 Å². The van der Waals surface area contributed by atoms with E-state index in [1.54, 1.807) is 0 Å². The number of aromatic nitrogens is 2. The van der Waals surface area contributed by atoms with Crippen molar-refractivity contribution in [1.29, 1.82) is 0 Å². The number of para-hydroxylation sites is 1. The van der Waals surface area contributed by atoms with Gasteiger partial charge in [0.05, 0.1) is 18.2 Å². The highest BCUT2D eigenvalue weighted by molar-refractivity contribution is 5.45. The van der Waals surface area contributed by atoms with Gasteiger partial charge in [0, 0.05) is 38.2 Å². The van der Waals surface area contributed by atoms with Crippen LogP contribution in [0.2, 0.25) is 0 Å². The first-order valence-corrected chi connectivity index (χ1v) is 9.13. The quantitative estimate of drug-likeness (QED) is 0.928. The predicted molar refractivity (Wildman–Crippen MR) is 96.6 cm³/mol. The topological polar surface area (TPSA) is 48.3 Å². The van der Waals surface area contributed by atoms with Gasteiger partial charge in [-0.05, 0) is 32.3 Å². The lowest BCUT2D eigenvalue weighted by atomic mass is 9.99. The molecule has 1 N–H and O–H groups in total. The summed E-state index contributed by atoms with van der Waals surface area (Å²) in [5.41, 5.74) is 3.63. The number of benzene rings is 1. The van der Waals surface area contributed by atoms with Gasteiger partial charge in [-0.25, -0.2) is 4.98 Å². The summed E-state index contributed by atoms with van der Waals surface area (Å²) in [6.45, 7) is 5.92. The number of imidazole rings is 1. The zero-order valence-electron chi connectivity index (χ0n) is 15.3. The molecule has 5 nitrogen and oxygen atoms in total. The molecule has 0 bridgehead atoms. The van der Waals surface area contributed by atoms with Crippen LogP contribution in [-0.4, -0.2) is 27.8 Å². The number of fused-ring (bicyclic) bond motifs is 1. The van der Waals surface area contributed by atoms with Crippen molar-refractivity contribution in [2.75, 3.05) is 6.61 Å². The maximum Gasteiger partial charge on any atom is 0.127 e. The summed E-state index contributed by atoms with van der Waals surface area (Å²) in [4.78, 5) is 4.21. The Balaban J connectivity index is 1.41. The largest absolute Gasteiger partial charge is 0.487 e. The van der Waals surface area contributed by atoms with Crippen LogP contribution in [0.25, 0.3) is 0 Å². The Bertz CT molecular complexity index is 753. The summed E-state index contributed by atoms with van der Waals surface area (Å²) < 4.78 is 14.2. The van der Waals surface area contributed by atoms with Crippen molar-refractivity contribution in [3.8, 4) is 5.75 Å². The van der Waals surface area contributed by atoms with E-state index < -0.39 is 0 Å². The first kappa shape index (κ1) is 16.6. The molecule has 0 aliphatic carbocycles. The lowest BCUT2D eigenvalue weighted by molar-refractivity contribution is -0.00408. The highest BCUT2D eigenvalue weighted by Gasteiger charge is 2.32. The second-order valence-corrected chi connectivity index (χ2v) is 7.83. The molecule has 0 saturated carbocycles. The number of rotatable bonds is 4. The van der Waals surface area contributed by atoms with Gasteiger partial charge in [-0.1, -0.05) is 18.2 Å². The van der Waals surface area contributed by atoms with E-state index >= 15 is 0 Å². The molecule has 1 fully saturated rings. The van der Waals surface area contributed by atoms with Crippen molar-refractivity contribution in [1.82, 2.24) is 14.9 Å². The van der Waals surface area contributed by atoms with Crippen molar-refractivity contribution in [3.63, 3.8) is 0 Å². The van der Waals surface area contributed by atoms with Gasteiger partial charge in [-0.3, -0.25) is 0 Å². The minimum atomic E-state index is -0.0955. The Labute approximate surface area is 149 Å². The van der Waals surface area contributed by atoms with Crippen molar-refractivity contribution >= 4 is 0 Å². The van der Waals surface area contributed by atoms with Crippen LogP contribution in [0.4, 0.5) is 0 Å². The maximum absolute atomic E-state index is 6.18. The lowest BCUT2D eigenvalue weighted by Crippen LogP contribution is -2.36. The highest BCUT2D eigenvalue weighted by atomic mass is 16.5.